The summed E-state index contributed by atoms with van der Waals surface area (Å²) in [5.74, 6) is 0.292. The molecule has 29 heavy (non-hydrogen) atoms. The van der Waals surface area contributed by atoms with Gasteiger partial charge in [-0.15, -0.1) is 0 Å². The Hall–Kier alpha value is -2.75. The number of benzene rings is 2. The van der Waals surface area contributed by atoms with Crippen molar-refractivity contribution in [2.75, 3.05) is 29.5 Å². The fourth-order valence-electron chi connectivity index (χ4n) is 2.60. The minimum Gasteiger partial charge on any atom is -0.497 e. The van der Waals surface area contributed by atoms with Crippen LogP contribution >= 0.6 is 0 Å². The Morgan fingerprint density at radius 1 is 1.14 bits per heavy atom. The van der Waals surface area contributed by atoms with E-state index in [0.717, 1.165) is 28.8 Å². The lowest BCUT2D eigenvalue weighted by Gasteiger charge is -2.23. The van der Waals surface area contributed by atoms with Crippen molar-refractivity contribution in [3.63, 3.8) is 0 Å². The van der Waals surface area contributed by atoms with Crippen LogP contribution < -0.4 is 14.4 Å². The molecule has 10 heteroatoms. The minimum absolute atomic E-state index is 0.00297. The quantitative estimate of drug-likeness (QED) is 0.689. The Balaban J connectivity index is 2.02. The minimum atomic E-state index is -4.59. The van der Waals surface area contributed by atoms with E-state index in [1.54, 1.807) is 24.3 Å². The third-order valence-electron chi connectivity index (χ3n) is 4.00. The molecule has 6 nitrogen and oxygen atoms in total. The Kier molecular flexibility index (Phi) is 7.12. The van der Waals surface area contributed by atoms with E-state index >= 15 is 0 Å². The Bertz CT molecular complexity index is 945. The topological polar surface area (TPSA) is 75.7 Å². The zero-order valence-corrected chi connectivity index (χ0v) is 16.7. The van der Waals surface area contributed by atoms with E-state index in [-0.39, 0.29) is 31.0 Å². The maximum absolute atomic E-state index is 12.9. The molecule has 0 bridgehead atoms. The second kappa shape index (κ2) is 9.17. The van der Waals surface area contributed by atoms with Crippen molar-refractivity contribution in [2.45, 2.75) is 19.0 Å². The first kappa shape index (κ1) is 22.5. The summed E-state index contributed by atoms with van der Waals surface area (Å²) >= 11 is 0. The number of hydrogen-bond donors (Lipinski definition) is 1. The van der Waals surface area contributed by atoms with Gasteiger partial charge in [0.2, 0.25) is 15.9 Å². The summed E-state index contributed by atoms with van der Waals surface area (Å²) in [6.07, 6.45) is -3.55. The zero-order chi connectivity index (χ0) is 21.7. The van der Waals surface area contributed by atoms with E-state index in [4.69, 9.17) is 4.74 Å². The number of sulfonamides is 1. The number of hydrogen-bond acceptors (Lipinski definition) is 4. The number of carbonyl (C=O) groups is 1. The van der Waals surface area contributed by atoms with Crippen LogP contribution in [0.4, 0.5) is 24.5 Å². The van der Waals surface area contributed by atoms with Crippen molar-refractivity contribution in [3.05, 3.63) is 54.1 Å². The first-order chi connectivity index (χ1) is 13.5. The second-order valence-corrected chi connectivity index (χ2v) is 8.17. The normalized spacial score (nSPS) is 11.8. The van der Waals surface area contributed by atoms with Gasteiger partial charge in [-0.3, -0.25) is 9.10 Å². The van der Waals surface area contributed by atoms with Crippen LogP contribution in [0, 0.1) is 0 Å². The number of rotatable bonds is 8. The number of nitrogens with zero attached hydrogens (tertiary/aromatic N) is 1. The number of amides is 1. The lowest BCUT2D eigenvalue weighted by atomic mass is 10.2. The molecule has 158 valence electrons. The number of anilines is 2. The molecule has 0 aliphatic heterocycles. The van der Waals surface area contributed by atoms with E-state index in [2.05, 4.69) is 5.32 Å². The molecule has 2 rings (SSSR count). The maximum atomic E-state index is 12.9. The summed E-state index contributed by atoms with van der Waals surface area (Å²) in [6.45, 7) is -0.129. The average molecular weight is 430 g/mol. The lowest BCUT2D eigenvalue weighted by molar-refractivity contribution is -0.137. The number of alkyl halides is 3. The van der Waals surface area contributed by atoms with Gasteiger partial charge < -0.3 is 10.1 Å². The predicted molar refractivity (Wildman–Crippen MR) is 104 cm³/mol. The number of nitrogens with one attached hydrogen (secondary N) is 1. The van der Waals surface area contributed by atoms with Crippen molar-refractivity contribution in [3.8, 4) is 5.75 Å². The summed E-state index contributed by atoms with van der Waals surface area (Å²) < 4.78 is 68.7. The van der Waals surface area contributed by atoms with Gasteiger partial charge in [-0.05, 0) is 48.9 Å². The Labute approximate surface area is 167 Å². The molecular formula is C19H21F3N2O4S. The van der Waals surface area contributed by atoms with Gasteiger partial charge >= 0.3 is 6.18 Å². The largest absolute Gasteiger partial charge is 0.497 e. The summed E-state index contributed by atoms with van der Waals surface area (Å²) in [5, 5.41) is 2.66. The van der Waals surface area contributed by atoms with Gasteiger partial charge in [-0.2, -0.15) is 13.2 Å². The van der Waals surface area contributed by atoms with Crippen LogP contribution in [0.2, 0.25) is 0 Å². The summed E-state index contributed by atoms with van der Waals surface area (Å²) in [7, 11) is -2.30. The Morgan fingerprint density at radius 2 is 1.79 bits per heavy atom. The highest BCUT2D eigenvalue weighted by molar-refractivity contribution is 7.92. The van der Waals surface area contributed by atoms with Crippen LogP contribution in [0.3, 0.4) is 0 Å². The molecule has 0 radical (unpaired) electrons. The number of halogens is 3. The van der Waals surface area contributed by atoms with E-state index in [9.17, 15) is 26.4 Å². The van der Waals surface area contributed by atoms with Crippen LogP contribution in [0.15, 0.2) is 48.5 Å². The first-order valence-corrected chi connectivity index (χ1v) is 10.4. The molecule has 0 spiro atoms. The molecule has 0 aliphatic carbocycles. The van der Waals surface area contributed by atoms with Gasteiger partial charge in [0.15, 0.2) is 0 Å². The molecule has 0 fully saturated rings. The van der Waals surface area contributed by atoms with Gasteiger partial charge in [-0.1, -0.05) is 6.07 Å². The van der Waals surface area contributed by atoms with E-state index in [0.29, 0.717) is 11.4 Å². The monoisotopic (exact) mass is 430 g/mol. The smallest absolute Gasteiger partial charge is 0.416 e. The lowest BCUT2D eigenvalue weighted by Crippen LogP contribution is -2.31. The van der Waals surface area contributed by atoms with Gasteiger partial charge in [0.25, 0.3) is 0 Å². The van der Waals surface area contributed by atoms with E-state index < -0.39 is 21.8 Å². The van der Waals surface area contributed by atoms with Crippen LogP contribution in [-0.4, -0.2) is 34.2 Å². The summed E-state index contributed by atoms with van der Waals surface area (Å²) in [4.78, 5) is 12.1. The third-order valence-corrected chi connectivity index (χ3v) is 5.19. The highest BCUT2D eigenvalue weighted by Gasteiger charge is 2.31. The maximum Gasteiger partial charge on any atom is 0.416 e. The molecule has 1 amide bonds. The SMILES string of the molecule is COc1ccc(NC(=O)CCCN(c2cccc(C(F)(F)F)c2)S(C)(=O)=O)cc1. The van der Waals surface area contributed by atoms with Crippen LogP contribution in [0.5, 0.6) is 5.75 Å². The second-order valence-electron chi connectivity index (χ2n) is 6.26. The summed E-state index contributed by atoms with van der Waals surface area (Å²) in [6, 6.07) is 10.7. The number of methoxy groups -OCH3 is 1. The molecule has 0 saturated carbocycles. The van der Waals surface area contributed by atoms with E-state index in [1.807, 2.05) is 0 Å². The Morgan fingerprint density at radius 3 is 2.34 bits per heavy atom. The number of carbonyl (C=O) groups excluding carboxylic acids is 1. The standard InChI is InChI=1S/C19H21F3N2O4S/c1-28-17-10-8-15(9-11-17)23-18(25)7-4-12-24(29(2,26)27)16-6-3-5-14(13-16)19(20,21)22/h3,5-6,8-11,13H,4,7,12H2,1-2H3,(H,23,25). The van der Waals surface area contributed by atoms with Crippen LogP contribution in [-0.2, 0) is 21.0 Å². The zero-order valence-electron chi connectivity index (χ0n) is 15.9. The predicted octanol–water partition coefficient (Wildman–Crippen LogP) is 3.90. The fourth-order valence-corrected chi connectivity index (χ4v) is 3.56. The first-order valence-electron chi connectivity index (χ1n) is 8.59. The molecule has 0 saturated heterocycles. The molecule has 0 heterocycles. The van der Waals surface area contributed by atoms with E-state index in [1.165, 1.54) is 13.2 Å². The van der Waals surface area contributed by atoms with Crippen LogP contribution in [0.1, 0.15) is 18.4 Å². The van der Waals surface area contributed by atoms with Crippen molar-refractivity contribution >= 4 is 27.3 Å². The van der Waals surface area contributed by atoms with Crippen molar-refractivity contribution in [2.24, 2.45) is 0 Å². The summed E-state index contributed by atoms with van der Waals surface area (Å²) in [5.41, 5.74) is -0.493. The third kappa shape index (κ3) is 6.67. The van der Waals surface area contributed by atoms with Gasteiger partial charge in [-0.25, -0.2) is 8.42 Å². The molecule has 0 atom stereocenters. The van der Waals surface area contributed by atoms with Crippen molar-refractivity contribution < 1.29 is 31.1 Å². The highest BCUT2D eigenvalue weighted by Crippen LogP contribution is 2.32. The average Bonchev–Trinajstić information content (AvgIpc) is 2.64. The molecule has 2 aromatic rings. The molecule has 0 unspecified atom stereocenters. The number of ether oxygens (including phenoxy) is 1. The van der Waals surface area contributed by atoms with Crippen molar-refractivity contribution in [1.82, 2.24) is 0 Å². The fraction of sp³-hybridized carbons (Fsp3) is 0.316. The molecular weight excluding hydrogens is 409 g/mol. The molecule has 2 aromatic carbocycles. The van der Waals surface area contributed by atoms with Gasteiger partial charge in [0.1, 0.15) is 5.75 Å². The van der Waals surface area contributed by atoms with Gasteiger partial charge in [0.05, 0.1) is 24.6 Å². The van der Waals surface area contributed by atoms with Crippen molar-refractivity contribution in [1.29, 1.82) is 0 Å². The highest BCUT2D eigenvalue weighted by atomic mass is 32.2. The van der Waals surface area contributed by atoms with Gasteiger partial charge in [0, 0.05) is 18.7 Å². The molecule has 0 aromatic heterocycles. The molecule has 1 N–H and O–H groups in total. The van der Waals surface area contributed by atoms with Crippen LogP contribution in [0.25, 0.3) is 0 Å². The molecule has 0 aliphatic rings.